The molecule has 2 heteroatoms. The van der Waals surface area contributed by atoms with Gasteiger partial charge in [-0.3, -0.25) is 0 Å². The molecule has 0 fully saturated rings. The van der Waals surface area contributed by atoms with Crippen LogP contribution in [0.1, 0.15) is 41.5 Å². The smallest absolute Gasteiger partial charge is 0.198 e. The van der Waals surface area contributed by atoms with E-state index in [1.54, 1.807) is 0 Å². The van der Waals surface area contributed by atoms with E-state index in [2.05, 4.69) is 26.8 Å². The summed E-state index contributed by atoms with van der Waals surface area (Å²) in [7, 11) is 0. The molecular weight excluding hydrogens is 173 g/mol. The minimum atomic E-state index is -0.171. The largest absolute Gasteiger partial charge is 0.261 e. The number of nitriles is 1. The first-order valence-electron chi connectivity index (χ1n) is 5.32. The molecule has 0 aromatic heterocycles. The van der Waals surface area contributed by atoms with Crippen LogP contribution in [-0.2, 0) is 0 Å². The Morgan fingerprint density at radius 3 is 1.23 bits per heavy atom. The van der Waals surface area contributed by atoms with Gasteiger partial charge >= 0.3 is 0 Å². The highest BCUT2D eigenvalue weighted by atomic mass is 27.2. The van der Waals surface area contributed by atoms with Crippen LogP contribution in [0.15, 0.2) is 0 Å². The molecule has 0 unspecified atom stereocenters. The van der Waals surface area contributed by atoms with Crippen molar-refractivity contribution in [2.75, 3.05) is 0 Å². The van der Waals surface area contributed by atoms with Crippen LogP contribution in [-0.4, -0.2) is 14.1 Å². The zero-order chi connectivity index (χ0) is 10.9. The average molecular weight is 197 g/mol. The summed E-state index contributed by atoms with van der Waals surface area (Å²) in [5.41, 5.74) is -0.153. The standard InChI is InChI=1S/C5H9N.3C2H5.Al/c1-5(2,3)4-6;3*1-2;/h1-3H3;3*1H2,2H3;. The highest BCUT2D eigenvalue weighted by Crippen LogP contribution is 2.08. The molecule has 0 atom stereocenters. The molecule has 0 saturated carbocycles. The maximum absolute atomic E-state index is 8.15. The summed E-state index contributed by atoms with van der Waals surface area (Å²) in [6.07, 6.45) is 0. The minimum absolute atomic E-state index is 0.153. The fraction of sp³-hybridized carbons (Fsp3) is 0.909. The lowest BCUT2D eigenvalue weighted by atomic mass is 10.0. The van der Waals surface area contributed by atoms with E-state index >= 15 is 0 Å². The average Bonchev–Trinajstić information content (AvgIpc) is 2.07. The molecule has 1 nitrogen and oxygen atoms in total. The van der Waals surface area contributed by atoms with Gasteiger partial charge in [-0.05, 0) is 20.8 Å². The Kier molecular flexibility index (Phi) is 10.3. The van der Waals surface area contributed by atoms with Gasteiger partial charge < -0.3 is 0 Å². The lowest BCUT2D eigenvalue weighted by Crippen LogP contribution is -2.04. The van der Waals surface area contributed by atoms with Crippen LogP contribution in [0.2, 0.25) is 15.8 Å². The van der Waals surface area contributed by atoms with Crippen molar-refractivity contribution in [2.45, 2.75) is 57.4 Å². The van der Waals surface area contributed by atoms with Gasteiger partial charge in [0, 0.05) is 5.41 Å². The SMILES string of the molecule is CC(C)(C)C#N.C[CH2][Al]([CH2]C)[CH2]C. The first-order chi connectivity index (χ1) is 5.91. The van der Waals surface area contributed by atoms with Gasteiger partial charge in [-0.2, -0.15) is 5.26 Å². The van der Waals surface area contributed by atoms with Crippen molar-refractivity contribution in [1.29, 1.82) is 5.26 Å². The van der Waals surface area contributed by atoms with Crippen molar-refractivity contribution in [3.63, 3.8) is 0 Å². The van der Waals surface area contributed by atoms with Gasteiger partial charge in [0.25, 0.3) is 14.1 Å². The van der Waals surface area contributed by atoms with Crippen LogP contribution in [0, 0.1) is 16.7 Å². The third-order valence-corrected chi connectivity index (χ3v) is 5.53. The van der Waals surface area contributed by atoms with Gasteiger partial charge in [0.15, 0.2) is 0 Å². The summed E-state index contributed by atoms with van der Waals surface area (Å²) >= 11 is -0.171. The van der Waals surface area contributed by atoms with Crippen molar-refractivity contribution in [3.05, 3.63) is 0 Å². The van der Waals surface area contributed by atoms with E-state index in [9.17, 15) is 0 Å². The van der Waals surface area contributed by atoms with Gasteiger partial charge in [-0.1, -0.05) is 36.6 Å². The predicted octanol–water partition coefficient (Wildman–Crippen LogP) is 4.10. The van der Waals surface area contributed by atoms with Gasteiger partial charge in [0.2, 0.25) is 0 Å². The molecule has 0 aliphatic heterocycles. The molecule has 13 heavy (non-hydrogen) atoms. The van der Waals surface area contributed by atoms with Crippen LogP contribution in [0.25, 0.3) is 0 Å². The molecule has 0 amide bonds. The van der Waals surface area contributed by atoms with Crippen molar-refractivity contribution in [2.24, 2.45) is 5.41 Å². The minimum Gasteiger partial charge on any atom is -0.198 e. The Morgan fingerprint density at radius 1 is 1.00 bits per heavy atom. The summed E-state index contributed by atoms with van der Waals surface area (Å²) < 4.78 is 0. The molecule has 0 N–H and O–H groups in total. The van der Waals surface area contributed by atoms with E-state index in [4.69, 9.17) is 5.26 Å². The number of rotatable bonds is 3. The second-order valence-electron chi connectivity index (χ2n) is 4.45. The normalized spacial score (nSPS) is 9.62. The van der Waals surface area contributed by atoms with Crippen molar-refractivity contribution >= 4 is 14.1 Å². The van der Waals surface area contributed by atoms with E-state index in [-0.39, 0.29) is 19.6 Å². The van der Waals surface area contributed by atoms with E-state index in [1.165, 1.54) is 15.8 Å². The van der Waals surface area contributed by atoms with Crippen LogP contribution in [0.5, 0.6) is 0 Å². The maximum Gasteiger partial charge on any atom is 0.261 e. The molecule has 0 aliphatic rings. The second-order valence-corrected chi connectivity index (χ2v) is 8.63. The zero-order valence-electron chi connectivity index (χ0n) is 10.1. The first kappa shape index (κ1) is 15.5. The van der Waals surface area contributed by atoms with E-state index in [0.29, 0.717) is 0 Å². The first-order valence-corrected chi connectivity index (χ1v) is 7.77. The summed E-state index contributed by atoms with van der Waals surface area (Å²) in [6.45, 7) is 12.6. The monoisotopic (exact) mass is 197 g/mol. The molecular formula is C11H24AlN. The summed E-state index contributed by atoms with van der Waals surface area (Å²) in [6, 6.07) is 2.10. The van der Waals surface area contributed by atoms with Gasteiger partial charge in [-0.15, -0.1) is 0 Å². The molecule has 0 aromatic rings. The Labute approximate surface area is 88.5 Å². The Balaban J connectivity index is 0. The fourth-order valence-corrected chi connectivity index (χ4v) is 2.60. The van der Waals surface area contributed by atoms with Crippen LogP contribution >= 0.6 is 0 Å². The third kappa shape index (κ3) is 14.8. The lowest BCUT2D eigenvalue weighted by Gasteiger charge is -2.01. The third-order valence-electron chi connectivity index (χ3n) is 2.07. The molecule has 0 saturated heterocycles. The topological polar surface area (TPSA) is 23.8 Å². The fourth-order valence-electron chi connectivity index (χ4n) is 0.866. The molecule has 0 aromatic carbocycles. The highest BCUT2D eigenvalue weighted by molar-refractivity contribution is 6.58. The maximum atomic E-state index is 8.15. The summed E-state index contributed by atoms with van der Waals surface area (Å²) in [4.78, 5) is 0. The summed E-state index contributed by atoms with van der Waals surface area (Å²) in [5.74, 6) is 0. The van der Waals surface area contributed by atoms with Crippen LogP contribution in [0.3, 0.4) is 0 Å². The number of hydrogen-bond donors (Lipinski definition) is 0. The lowest BCUT2D eigenvalue weighted by molar-refractivity contribution is 0.561. The van der Waals surface area contributed by atoms with E-state index in [0.717, 1.165) is 0 Å². The quantitative estimate of drug-likeness (QED) is 0.625. The van der Waals surface area contributed by atoms with E-state index < -0.39 is 0 Å². The predicted molar refractivity (Wildman–Crippen MR) is 62.3 cm³/mol. The van der Waals surface area contributed by atoms with Crippen LogP contribution < -0.4 is 0 Å². The van der Waals surface area contributed by atoms with Gasteiger partial charge in [0.05, 0.1) is 6.07 Å². The number of nitrogens with zero attached hydrogens (tertiary/aromatic N) is 1. The molecule has 0 radical (unpaired) electrons. The Hall–Kier alpha value is 0.0225. The van der Waals surface area contributed by atoms with Gasteiger partial charge in [-0.25, -0.2) is 0 Å². The molecule has 0 bridgehead atoms. The Bertz CT molecular complexity index is 132. The molecule has 0 aliphatic carbocycles. The van der Waals surface area contributed by atoms with Crippen molar-refractivity contribution in [1.82, 2.24) is 0 Å². The van der Waals surface area contributed by atoms with Crippen molar-refractivity contribution in [3.8, 4) is 6.07 Å². The second kappa shape index (κ2) is 8.61. The molecule has 0 spiro atoms. The van der Waals surface area contributed by atoms with Crippen LogP contribution in [0.4, 0.5) is 0 Å². The Morgan fingerprint density at radius 2 is 1.23 bits per heavy atom. The summed E-state index contributed by atoms with van der Waals surface area (Å²) in [5, 5.41) is 12.6. The van der Waals surface area contributed by atoms with Gasteiger partial charge in [0.1, 0.15) is 0 Å². The highest BCUT2D eigenvalue weighted by Gasteiger charge is 2.05. The number of hydrogen-bond acceptors (Lipinski definition) is 1. The zero-order valence-corrected chi connectivity index (χ0v) is 11.3. The molecule has 0 rings (SSSR count). The molecule has 0 heterocycles. The molecule has 76 valence electrons. The van der Waals surface area contributed by atoms with E-state index in [1.807, 2.05) is 20.8 Å². The van der Waals surface area contributed by atoms with Crippen molar-refractivity contribution < 1.29 is 0 Å².